The molecule has 0 aromatic heterocycles. The maximum Gasteiger partial charge on any atom is 0.116 e. The van der Waals surface area contributed by atoms with Crippen molar-refractivity contribution in [3.05, 3.63) is 23.8 Å². The summed E-state index contributed by atoms with van der Waals surface area (Å²) in [6.45, 7) is 1.99. The predicted octanol–water partition coefficient (Wildman–Crippen LogP) is 1.08. The summed E-state index contributed by atoms with van der Waals surface area (Å²) in [6.07, 6.45) is 0.904. The van der Waals surface area contributed by atoms with Crippen LogP contribution in [0.3, 0.4) is 0 Å². The lowest BCUT2D eigenvalue weighted by atomic mass is 10.1. The van der Waals surface area contributed by atoms with Crippen LogP contribution in [0.25, 0.3) is 0 Å². The third-order valence-corrected chi connectivity index (χ3v) is 2.50. The number of hydrogen-bond acceptors (Lipinski definition) is 3. The molecule has 1 heterocycles. The molecule has 70 valence electrons. The molecule has 4 N–H and O–H groups in total. The van der Waals surface area contributed by atoms with E-state index in [2.05, 4.69) is 5.32 Å². The maximum atomic E-state index is 9.26. The highest BCUT2D eigenvalue weighted by atomic mass is 16.3. The van der Waals surface area contributed by atoms with Crippen LogP contribution in [-0.2, 0) is 6.42 Å². The van der Waals surface area contributed by atoms with Crippen LogP contribution in [0.4, 0.5) is 5.69 Å². The zero-order chi connectivity index (χ0) is 9.42. The summed E-state index contributed by atoms with van der Waals surface area (Å²) >= 11 is 0. The van der Waals surface area contributed by atoms with Crippen molar-refractivity contribution >= 4 is 5.69 Å². The van der Waals surface area contributed by atoms with Crippen LogP contribution < -0.4 is 11.1 Å². The van der Waals surface area contributed by atoms with E-state index < -0.39 is 0 Å². The summed E-state index contributed by atoms with van der Waals surface area (Å²) in [5.41, 5.74) is 8.04. The van der Waals surface area contributed by atoms with Gasteiger partial charge in [-0.3, -0.25) is 0 Å². The topological polar surface area (TPSA) is 58.3 Å². The van der Waals surface area contributed by atoms with E-state index in [1.807, 2.05) is 13.0 Å². The first kappa shape index (κ1) is 8.38. The number of anilines is 1. The Labute approximate surface area is 77.6 Å². The van der Waals surface area contributed by atoms with Crippen LogP contribution in [0.2, 0.25) is 0 Å². The first-order chi connectivity index (χ1) is 6.16. The van der Waals surface area contributed by atoms with Crippen molar-refractivity contribution in [1.29, 1.82) is 0 Å². The van der Waals surface area contributed by atoms with E-state index in [1.165, 1.54) is 0 Å². The van der Waals surface area contributed by atoms with Crippen LogP contribution in [-0.4, -0.2) is 17.2 Å². The lowest BCUT2D eigenvalue weighted by molar-refractivity contribution is 0.474. The molecule has 0 aliphatic carbocycles. The fourth-order valence-electron chi connectivity index (χ4n) is 1.69. The Balaban J connectivity index is 2.25. The summed E-state index contributed by atoms with van der Waals surface area (Å²) in [6, 6.07) is 5.82. The first-order valence-corrected chi connectivity index (χ1v) is 4.51. The predicted molar refractivity (Wildman–Crippen MR) is 52.9 cm³/mol. The normalized spacial score (nSPS) is 22.2. The molecule has 1 aliphatic heterocycles. The Kier molecular flexibility index (Phi) is 1.88. The first-order valence-electron chi connectivity index (χ1n) is 4.51. The largest absolute Gasteiger partial charge is 0.508 e. The van der Waals surface area contributed by atoms with Gasteiger partial charge in [-0.25, -0.2) is 0 Å². The average Bonchev–Trinajstić information content (AvgIpc) is 2.46. The van der Waals surface area contributed by atoms with Crippen molar-refractivity contribution in [3.63, 3.8) is 0 Å². The molecule has 1 aliphatic rings. The lowest BCUT2D eigenvalue weighted by Crippen LogP contribution is -2.36. The van der Waals surface area contributed by atoms with Gasteiger partial charge < -0.3 is 16.2 Å². The molecule has 2 rings (SSSR count). The molecule has 1 aromatic carbocycles. The van der Waals surface area contributed by atoms with Gasteiger partial charge in [0.15, 0.2) is 0 Å². The molecule has 3 nitrogen and oxygen atoms in total. The minimum absolute atomic E-state index is 0.134. The number of benzene rings is 1. The van der Waals surface area contributed by atoms with Crippen molar-refractivity contribution in [1.82, 2.24) is 0 Å². The number of fused-ring (bicyclic) bond motifs is 1. The number of nitrogens with two attached hydrogens (primary N) is 1. The van der Waals surface area contributed by atoms with Crippen LogP contribution in [0, 0.1) is 0 Å². The third kappa shape index (κ3) is 1.47. The van der Waals surface area contributed by atoms with Gasteiger partial charge in [0.25, 0.3) is 0 Å². The number of aromatic hydroxyl groups is 1. The van der Waals surface area contributed by atoms with Gasteiger partial charge in [-0.05, 0) is 37.1 Å². The average molecular weight is 178 g/mol. The molecule has 13 heavy (non-hydrogen) atoms. The van der Waals surface area contributed by atoms with Crippen molar-refractivity contribution in [2.75, 3.05) is 5.32 Å². The fourth-order valence-corrected chi connectivity index (χ4v) is 1.69. The lowest BCUT2D eigenvalue weighted by Gasteiger charge is -2.14. The van der Waals surface area contributed by atoms with Gasteiger partial charge >= 0.3 is 0 Å². The minimum Gasteiger partial charge on any atom is -0.508 e. The van der Waals surface area contributed by atoms with Gasteiger partial charge in [0, 0.05) is 17.8 Å². The molecule has 0 saturated carbocycles. The number of rotatable bonds is 1. The quantitative estimate of drug-likeness (QED) is 0.564. The van der Waals surface area contributed by atoms with Gasteiger partial charge in [0.1, 0.15) is 5.75 Å². The van der Waals surface area contributed by atoms with Crippen LogP contribution in [0.15, 0.2) is 18.2 Å². The van der Waals surface area contributed by atoms with Crippen molar-refractivity contribution in [2.45, 2.75) is 25.4 Å². The third-order valence-electron chi connectivity index (χ3n) is 2.50. The second-order valence-corrected chi connectivity index (χ2v) is 3.66. The zero-order valence-electron chi connectivity index (χ0n) is 7.62. The molecule has 2 unspecified atom stereocenters. The van der Waals surface area contributed by atoms with E-state index in [1.54, 1.807) is 12.1 Å². The number of phenolic OH excluding ortho intramolecular Hbond substituents is 1. The fraction of sp³-hybridized carbons (Fsp3) is 0.400. The Morgan fingerprint density at radius 3 is 3.08 bits per heavy atom. The summed E-state index contributed by atoms with van der Waals surface area (Å²) in [7, 11) is 0. The molecule has 0 bridgehead atoms. The Bertz CT molecular complexity index is 323. The standard InChI is InChI=1S/C10H14N2O/c1-6(11)10-5-7-4-8(13)2-3-9(7)12-10/h2-4,6,10,12-13H,5,11H2,1H3. The van der Waals surface area contributed by atoms with E-state index in [0.29, 0.717) is 11.8 Å². The van der Waals surface area contributed by atoms with Crippen LogP contribution in [0.5, 0.6) is 5.75 Å². The summed E-state index contributed by atoms with van der Waals surface area (Å²) in [5.74, 6) is 0.325. The van der Waals surface area contributed by atoms with Gasteiger partial charge in [-0.15, -0.1) is 0 Å². The van der Waals surface area contributed by atoms with E-state index in [9.17, 15) is 5.11 Å². The van der Waals surface area contributed by atoms with Crippen LogP contribution >= 0.6 is 0 Å². The summed E-state index contributed by atoms with van der Waals surface area (Å²) in [5, 5.41) is 12.6. The van der Waals surface area contributed by atoms with Crippen molar-refractivity contribution < 1.29 is 5.11 Å². The molecule has 0 amide bonds. The molecule has 0 radical (unpaired) electrons. The SMILES string of the molecule is CC(N)C1Cc2cc(O)ccc2N1. The monoisotopic (exact) mass is 178 g/mol. The second kappa shape index (κ2) is 2.92. The van der Waals surface area contributed by atoms with Gasteiger partial charge in [-0.2, -0.15) is 0 Å². The van der Waals surface area contributed by atoms with Gasteiger partial charge in [0.05, 0.1) is 0 Å². The second-order valence-electron chi connectivity index (χ2n) is 3.66. The molecular formula is C10H14N2O. The van der Waals surface area contributed by atoms with Crippen molar-refractivity contribution in [2.24, 2.45) is 5.73 Å². The molecular weight excluding hydrogens is 164 g/mol. The van der Waals surface area contributed by atoms with Crippen molar-refractivity contribution in [3.8, 4) is 5.75 Å². The Morgan fingerprint density at radius 2 is 2.38 bits per heavy atom. The highest BCUT2D eigenvalue weighted by molar-refractivity contribution is 5.59. The Morgan fingerprint density at radius 1 is 1.62 bits per heavy atom. The smallest absolute Gasteiger partial charge is 0.116 e. The summed E-state index contributed by atoms with van der Waals surface area (Å²) < 4.78 is 0. The molecule has 0 fully saturated rings. The molecule has 1 aromatic rings. The maximum absolute atomic E-state index is 9.26. The molecule has 3 heteroatoms. The zero-order valence-corrected chi connectivity index (χ0v) is 7.62. The number of hydrogen-bond donors (Lipinski definition) is 3. The van der Waals surface area contributed by atoms with E-state index >= 15 is 0 Å². The highest BCUT2D eigenvalue weighted by Crippen LogP contribution is 2.29. The van der Waals surface area contributed by atoms with E-state index in [4.69, 9.17) is 5.73 Å². The van der Waals surface area contributed by atoms with E-state index in [0.717, 1.165) is 17.7 Å². The van der Waals surface area contributed by atoms with Gasteiger partial charge in [-0.1, -0.05) is 0 Å². The van der Waals surface area contributed by atoms with Gasteiger partial charge in [0.2, 0.25) is 0 Å². The molecule has 2 atom stereocenters. The van der Waals surface area contributed by atoms with E-state index in [-0.39, 0.29) is 6.04 Å². The number of nitrogens with one attached hydrogen (secondary N) is 1. The molecule has 0 spiro atoms. The Hall–Kier alpha value is -1.22. The number of phenols is 1. The summed E-state index contributed by atoms with van der Waals surface area (Å²) in [4.78, 5) is 0. The van der Waals surface area contributed by atoms with Crippen LogP contribution in [0.1, 0.15) is 12.5 Å². The molecule has 0 saturated heterocycles. The highest BCUT2D eigenvalue weighted by Gasteiger charge is 2.23. The minimum atomic E-state index is 0.134.